The van der Waals surface area contributed by atoms with Gasteiger partial charge in [-0.05, 0) is 0 Å². The number of hydrogen-bond acceptors (Lipinski definition) is 11. The van der Waals surface area contributed by atoms with Crippen LogP contribution in [0.5, 0.6) is 0 Å². The van der Waals surface area contributed by atoms with Crippen LogP contribution in [0.4, 0.5) is 5.82 Å². The molecule has 0 bridgehead atoms. The lowest BCUT2D eigenvalue weighted by atomic mass is 10.1. The Morgan fingerprint density at radius 2 is 2.07 bits per heavy atom. The molecule has 1 saturated heterocycles. The van der Waals surface area contributed by atoms with Crippen molar-refractivity contribution in [3.8, 4) is 0 Å². The van der Waals surface area contributed by atoms with Gasteiger partial charge < -0.3 is 40.3 Å². The van der Waals surface area contributed by atoms with Crippen molar-refractivity contribution in [3.63, 3.8) is 0 Å². The number of aliphatic hydroxyl groups is 5. The summed E-state index contributed by atoms with van der Waals surface area (Å²) in [5.74, 6) is -1.37. The van der Waals surface area contributed by atoms with Gasteiger partial charge >= 0.3 is 0 Å². The molecule has 4 heterocycles. The highest BCUT2D eigenvalue weighted by Crippen LogP contribution is 2.32. The molecule has 2 aromatic heterocycles. The summed E-state index contributed by atoms with van der Waals surface area (Å²) in [6.07, 6.45) is -0.764. The monoisotopic (exact) mass is 381 g/mol. The molecule has 0 radical (unpaired) electrons. The first-order chi connectivity index (χ1) is 12.9. The minimum absolute atomic E-state index is 0.0643. The quantitative estimate of drug-likeness (QED) is 0.350. The van der Waals surface area contributed by atoms with Crippen molar-refractivity contribution in [3.05, 3.63) is 24.7 Å². The average Bonchev–Trinajstić information content (AvgIpc) is 3.31. The maximum absolute atomic E-state index is 10.2. The summed E-state index contributed by atoms with van der Waals surface area (Å²) in [4.78, 5) is 12.4. The standard InChI is InChI=1S/C15H19N5O7/c21-2-8-10(23)11(24)14(27-8)20-6-19-9-12(17-5-18-13(9)20)16-4-15(25)1-7(22)3-26-15/h3,5-6,8,10-11,14,21-25H,1-2,4H2,(H,16,17,18)/t8-,10-,11+,14-,15?/m1/s1. The van der Waals surface area contributed by atoms with Crippen molar-refractivity contribution in [1.82, 2.24) is 19.5 Å². The molecule has 6 N–H and O–H groups in total. The molecule has 0 aromatic carbocycles. The largest absolute Gasteiger partial charge is 0.509 e. The lowest BCUT2D eigenvalue weighted by Crippen LogP contribution is -2.36. The molecule has 27 heavy (non-hydrogen) atoms. The van der Waals surface area contributed by atoms with Crippen molar-refractivity contribution >= 4 is 17.0 Å². The lowest BCUT2D eigenvalue weighted by Gasteiger charge is -2.22. The van der Waals surface area contributed by atoms with Crippen LogP contribution >= 0.6 is 0 Å². The van der Waals surface area contributed by atoms with Crippen LogP contribution in [0.3, 0.4) is 0 Å². The zero-order valence-corrected chi connectivity index (χ0v) is 14.0. The summed E-state index contributed by atoms with van der Waals surface area (Å²) in [7, 11) is 0. The Hall–Kier alpha value is -2.51. The molecule has 0 saturated carbocycles. The van der Waals surface area contributed by atoms with E-state index in [-0.39, 0.29) is 18.7 Å². The predicted molar refractivity (Wildman–Crippen MR) is 88.2 cm³/mol. The van der Waals surface area contributed by atoms with Crippen molar-refractivity contribution < 1.29 is 35.0 Å². The van der Waals surface area contributed by atoms with Crippen LogP contribution in [-0.4, -0.2) is 82.3 Å². The summed E-state index contributed by atoms with van der Waals surface area (Å²) in [5.41, 5.74) is 0.664. The number of aromatic nitrogens is 4. The third-order valence-corrected chi connectivity index (χ3v) is 4.55. The van der Waals surface area contributed by atoms with Gasteiger partial charge in [-0.2, -0.15) is 0 Å². The maximum atomic E-state index is 10.2. The number of aliphatic hydroxyl groups excluding tert-OH is 4. The van der Waals surface area contributed by atoms with Gasteiger partial charge in [-0.15, -0.1) is 0 Å². The Bertz CT molecular complexity index is 873. The highest BCUT2D eigenvalue weighted by Gasteiger charge is 2.44. The number of fused-ring (bicyclic) bond motifs is 1. The minimum atomic E-state index is -1.60. The van der Waals surface area contributed by atoms with Gasteiger partial charge in [-0.25, -0.2) is 15.0 Å². The van der Waals surface area contributed by atoms with Gasteiger partial charge in [0.15, 0.2) is 23.2 Å². The molecule has 146 valence electrons. The van der Waals surface area contributed by atoms with E-state index in [4.69, 9.17) is 9.47 Å². The molecule has 1 unspecified atom stereocenters. The summed E-state index contributed by atoms with van der Waals surface area (Å²) in [6.45, 7) is -0.511. The highest BCUT2D eigenvalue weighted by molar-refractivity contribution is 5.82. The van der Waals surface area contributed by atoms with Gasteiger partial charge in [-0.1, -0.05) is 0 Å². The Balaban J connectivity index is 1.57. The number of rotatable bonds is 5. The van der Waals surface area contributed by atoms with Crippen LogP contribution in [0.1, 0.15) is 12.6 Å². The zero-order chi connectivity index (χ0) is 19.2. The van der Waals surface area contributed by atoms with Gasteiger partial charge in [0.2, 0.25) is 5.79 Å². The normalized spacial score (nSPS) is 33.3. The molecular formula is C15H19N5O7. The van der Waals surface area contributed by atoms with E-state index >= 15 is 0 Å². The van der Waals surface area contributed by atoms with Crippen LogP contribution in [-0.2, 0) is 9.47 Å². The Morgan fingerprint density at radius 1 is 1.26 bits per heavy atom. The van der Waals surface area contributed by atoms with E-state index in [2.05, 4.69) is 20.3 Å². The van der Waals surface area contributed by atoms with Crippen molar-refractivity contribution in [2.75, 3.05) is 18.5 Å². The highest BCUT2D eigenvalue weighted by atomic mass is 16.6. The molecule has 1 fully saturated rings. The smallest absolute Gasteiger partial charge is 0.232 e. The lowest BCUT2D eigenvalue weighted by molar-refractivity contribution is -0.140. The molecule has 0 spiro atoms. The van der Waals surface area contributed by atoms with Gasteiger partial charge in [0.05, 0.1) is 25.9 Å². The van der Waals surface area contributed by atoms with Gasteiger partial charge in [-0.3, -0.25) is 4.57 Å². The van der Waals surface area contributed by atoms with Crippen LogP contribution in [0.2, 0.25) is 0 Å². The number of nitrogens with zero attached hydrogens (tertiary/aromatic N) is 4. The zero-order valence-electron chi connectivity index (χ0n) is 14.0. The molecule has 12 heteroatoms. The van der Waals surface area contributed by atoms with Gasteiger partial charge in [0.1, 0.15) is 36.7 Å². The van der Waals surface area contributed by atoms with E-state index in [0.29, 0.717) is 17.0 Å². The van der Waals surface area contributed by atoms with E-state index in [1.165, 1.54) is 17.2 Å². The minimum Gasteiger partial charge on any atom is -0.509 e. The molecule has 0 amide bonds. The fourth-order valence-corrected chi connectivity index (χ4v) is 3.15. The Kier molecular flexibility index (Phi) is 4.36. The SMILES string of the molecule is OC[C@H]1O[C@@H](n2cnc3c(NCC4(O)CC(O)=CO4)ncnc32)[C@@H](O)[C@@H]1O. The molecule has 4 rings (SSSR count). The average molecular weight is 381 g/mol. The molecule has 2 aliphatic heterocycles. The van der Waals surface area contributed by atoms with Crippen molar-refractivity contribution in [1.29, 1.82) is 0 Å². The molecule has 5 atom stereocenters. The molecular weight excluding hydrogens is 362 g/mol. The summed E-state index contributed by atoms with van der Waals surface area (Å²) >= 11 is 0. The van der Waals surface area contributed by atoms with Crippen LogP contribution in [0, 0.1) is 0 Å². The van der Waals surface area contributed by atoms with E-state index in [1.54, 1.807) is 0 Å². The number of imidazole rings is 1. The molecule has 0 aliphatic carbocycles. The number of ether oxygens (including phenoxy) is 2. The van der Waals surface area contributed by atoms with E-state index in [0.717, 1.165) is 6.26 Å². The first-order valence-corrected chi connectivity index (χ1v) is 8.24. The first-order valence-electron chi connectivity index (χ1n) is 8.24. The topological polar surface area (TPSA) is 175 Å². The Labute approximate surface area is 152 Å². The van der Waals surface area contributed by atoms with E-state index < -0.39 is 36.9 Å². The van der Waals surface area contributed by atoms with Gasteiger partial charge in [0, 0.05) is 0 Å². The summed E-state index contributed by atoms with van der Waals surface area (Å²) in [6, 6.07) is 0. The summed E-state index contributed by atoms with van der Waals surface area (Å²) in [5, 5.41) is 51.8. The molecule has 2 aromatic rings. The number of nitrogens with one attached hydrogen (secondary N) is 1. The van der Waals surface area contributed by atoms with Crippen LogP contribution in [0.25, 0.3) is 11.2 Å². The van der Waals surface area contributed by atoms with E-state index in [1.807, 2.05) is 0 Å². The second-order valence-electron chi connectivity index (χ2n) is 6.48. The second-order valence-corrected chi connectivity index (χ2v) is 6.48. The van der Waals surface area contributed by atoms with Gasteiger partial charge in [0.25, 0.3) is 0 Å². The summed E-state index contributed by atoms with van der Waals surface area (Å²) < 4.78 is 12.0. The van der Waals surface area contributed by atoms with E-state index in [9.17, 15) is 25.5 Å². The third kappa shape index (κ3) is 3.07. The third-order valence-electron chi connectivity index (χ3n) is 4.55. The first kappa shape index (κ1) is 17.9. The predicted octanol–water partition coefficient (Wildman–Crippen LogP) is -1.64. The molecule has 2 aliphatic rings. The fraction of sp³-hybridized carbons (Fsp3) is 0.533. The van der Waals surface area contributed by atoms with Crippen LogP contribution < -0.4 is 5.32 Å². The fourth-order valence-electron chi connectivity index (χ4n) is 3.15. The van der Waals surface area contributed by atoms with Crippen molar-refractivity contribution in [2.24, 2.45) is 0 Å². The number of anilines is 1. The Morgan fingerprint density at radius 3 is 2.74 bits per heavy atom. The molecule has 12 nitrogen and oxygen atoms in total. The number of hydrogen-bond donors (Lipinski definition) is 6. The second kappa shape index (κ2) is 6.58. The maximum Gasteiger partial charge on any atom is 0.232 e. The van der Waals surface area contributed by atoms with Crippen molar-refractivity contribution in [2.45, 2.75) is 36.7 Å². The van der Waals surface area contributed by atoms with Crippen LogP contribution in [0.15, 0.2) is 24.7 Å².